The topological polar surface area (TPSA) is 49.6 Å². The van der Waals surface area contributed by atoms with Gasteiger partial charge in [0.25, 0.3) is 0 Å². The van der Waals surface area contributed by atoms with Crippen LogP contribution in [0.3, 0.4) is 0 Å². The van der Waals surface area contributed by atoms with Crippen LogP contribution >= 0.6 is 11.3 Å². The highest BCUT2D eigenvalue weighted by Gasteiger charge is 2.17. The minimum atomic E-state index is -0.266. The molecule has 5 aromatic rings. The van der Waals surface area contributed by atoms with Gasteiger partial charge in [-0.25, -0.2) is 14.2 Å². The lowest BCUT2D eigenvalue weighted by Crippen LogP contribution is -2.36. The molecule has 5 rings (SSSR count). The van der Waals surface area contributed by atoms with Crippen LogP contribution in [0.1, 0.15) is 16.8 Å². The Bertz CT molecular complexity index is 1440. The number of fused-ring (bicyclic) bond motifs is 1. The number of hydrogen-bond donors (Lipinski definition) is 1. The fourth-order valence-electron chi connectivity index (χ4n) is 3.98. The largest absolute Gasteiger partial charge is 0.322 e. The zero-order chi connectivity index (χ0) is 24.2. The Morgan fingerprint density at radius 3 is 2.54 bits per heavy atom. The third kappa shape index (κ3) is 5.25. The molecule has 2 amide bonds. The fraction of sp³-hybridized carbons (Fsp3) is 0.143. The van der Waals surface area contributed by atoms with Crippen molar-refractivity contribution >= 4 is 28.0 Å². The van der Waals surface area contributed by atoms with Crippen molar-refractivity contribution in [3.8, 4) is 11.3 Å². The number of halogens is 1. The zero-order valence-electron chi connectivity index (χ0n) is 19.3. The highest BCUT2D eigenvalue weighted by atomic mass is 32.1. The van der Waals surface area contributed by atoms with Crippen LogP contribution in [0.15, 0.2) is 90.4 Å². The predicted octanol–water partition coefficient (Wildman–Crippen LogP) is 6.79. The summed E-state index contributed by atoms with van der Waals surface area (Å²) in [4.78, 5) is 20.7. The third-order valence-electron chi connectivity index (χ3n) is 5.95. The fourth-order valence-corrected chi connectivity index (χ4v) is 4.89. The first-order chi connectivity index (χ1) is 17.1. The molecule has 0 bridgehead atoms. The number of urea groups is 1. The normalized spacial score (nSPS) is 11.0. The molecule has 5 nitrogen and oxygen atoms in total. The molecule has 1 N–H and O–H groups in total. The molecule has 0 atom stereocenters. The van der Waals surface area contributed by atoms with Gasteiger partial charge in [-0.2, -0.15) is 0 Å². The molecular weight excluding hydrogens is 459 g/mol. The van der Waals surface area contributed by atoms with Gasteiger partial charge in [0.2, 0.25) is 0 Å². The van der Waals surface area contributed by atoms with Gasteiger partial charge in [-0.1, -0.05) is 48.5 Å². The van der Waals surface area contributed by atoms with E-state index >= 15 is 0 Å². The van der Waals surface area contributed by atoms with Crippen LogP contribution < -0.4 is 5.32 Å². The summed E-state index contributed by atoms with van der Waals surface area (Å²) >= 11 is 1.56. The Hall–Kier alpha value is -3.97. The number of nitrogens with one attached hydrogen (secondary N) is 1. The van der Waals surface area contributed by atoms with Gasteiger partial charge in [-0.15, -0.1) is 11.3 Å². The predicted molar refractivity (Wildman–Crippen MR) is 139 cm³/mol. The number of para-hydroxylation sites is 1. The van der Waals surface area contributed by atoms with E-state index < -0.39 is 0 Å². The average Bonchev–Trinajstić information content (AvgIpc) is 3.46. The van der Waals surface area contributed by atoms with Gasteiger partial charge in [0.1, 0.15) is 5.82 Å². The van der Waals surface area contributed by atoms with Gasteiger partial charge in [0, 0.05) is 48.0 Å². The molecule has 0 radical (unpaired) electrons. The maximum absolute atomic E-state index is 13.3. The molecule has 176 valence electrons. The second kappa shape index (κ2) is 10.1. The van der Waals surface area contributed by atoms with Crippen LogP contribution in [0, 0.1) is 12.7 Å². The average molecular weight is 485 g/mol. The van der Waals surface area contributed by atoms with Crippen molar-refractivity contribution in [1.29, 1.82) is 0 Å². The van der Waals surface area contributed by atoms with E-state index in [0.717, 1.165) is 38.7 Å². The van der Waals surface area contributed by atoms with Crippen LogP contribution in [0.25, 0.3) is 16.2 Å². The first-order valence-corrected chi connectivity index (χ1v) is 12.3. The standard InChI is InChI=1S/C28H25FN4OS/c1-20-7-5-6-10-25(20)30-27(34)32(17-21-8-3-2-4-9-21)16-15-24-19-35-28-31-26(18-33(24)28)22-11-13-23(29)14-12-22/h2-14,18-19H,15-17H2,1H3,(H,30,34). The van der Waals surface area contributed by atoms with Gasteiger partial charge < -0.3 is 10.2 Å². The first kappa shape index (κ1) is 22.8. The SMILES string of the molecule is Cc1ccccc1NC(=O)N(CCc1csc2nc(-c3ccc(F)cc3)cn12)Cc1ccccc1. The van der Waals surface area contributed by atoms with Gasteiger partial charge in [0.05, 0.1) is 5.69 Å². The summed E-state index contributed by atoms with van der Waals surface area (Å²) in [6.07, 6.45) is 2.65. The van der Waals surface area contributed by atoms with E-state index in [9.17, 15) is 9.18 Å². The number of aryl methyl sites for hydroxylation is 1. The lowest BCUT2D eigenvalue weighted by molar-refractivity contribution is 0.209. The van der Waals surface area contributed by atoms with E-state index in [1.54, 1.807) is 23.5 Å². The molecule has 2 aromatic heterocycles. The van der Waals surface area contributed by atoms with Crippen molar-refractivity contribution in [3.05, 3.63) is 113 Å². The number of carbonyl (C=O) groups excluding carboxylic acids is 1. The molecular formula is C28H25FN4OS. The Kier molecular flexibility index (Phi) is 6.59. The highest BCUT2D eigenvalue weighted by Crippen LogP contribution is 2.24. The van der Waals surface area contributed by atoms with Crippen molar-refractivity contribution in [2.45, 2.75) is 19.9 Å². The number of thiazole rings is 1. The quantitative estimate of drug-likeness (QED) is 0.277. The lowest BCUT2D eigenvalue weighted by atomic mass is 10.2. The van der Waals surface area contributed by atoms with Crippen molar-refractivity contribution < 1.29 is 9.18 Å². The smallest absolute Gasteiger partial charge is 0.320 e. The molecule has 3 aromatic carbocycles. The number of rotatable bonds is 7. The van der Waals surface area contributed by atoms with Gasteiger partial charge >= 0.3 is 6.03 Å². The first-order valence-electron chi connectivity index (χ1n) is 11.4. The minimum absolute atomic E-state index is 0.132. The van der Waals surface area contributed by atoms with Gasteiger partial charge in [0.15, 0.2) is 4.96 Å². The zero-order valence-corrected chi connectivity index (χ0v) is 20.1. The maximum atomic E-state index is 13.3. The molecule has 7 heteroatoms. The molecule has 0 aliphatic heterocycles. The highest BCUT2D eigenvalue weighted by molar-refractivity contribution is 7.15. The Morgan fingerprint density at radius 1 is 1.03 bits per heavy atom. The Morgan fingerprint density at radius 2 is 1.77 bits per heavy atom. The number of aromatic nitrogens is 2. The summed E-state index contributed by atoms with van der Waals surface area (Å²) in [5.41, 5.74) is 5.66. The van der Waals surface area contributed by atoms with Crippen LogP contribution in [-0.4, -0.2) is 26.9 Å². The van der Waals surface area contributed by atoms with Crippen LogP contribution in [0.5, 0.6) is 0 Å². The summed E-state index contributed by atoms with van der Waals surface area (Å²) in [6, 6.07) is 24.0. The molecule has 0 saturated carbocycles. The van der Waals surface area contributed by atoms with Gasteiger partial charge in [-0.3, -0.25) is 4.40 Å². The second-order valence-corrected chi connectivity index (χ2v) is 9.25. The number of nitrogens with zero attached hydrogens (tertiary/aromatic N) is 3. The number of hydrogen-bond acceptors (Lipinski definition) is 3. The Balaban J connectivity index is 1.35. The summed E-state index contributed by atoms with van der Waals surface area (Å²) in [7, 11) is 0. The molecule has 0 unspecified atom stereocenters. The number of imidazole rings is 1. The molecule has 0 saturated heterocycles. The number of amides is 2. The van der Waals surface area contributed by atoms with Crippen LogP contribution in [0.4, 0.5) is 14.9 Å². The summed E-state index contributed by atoms with van der Waals surface area (Å²) in [5, 5.41) is 5.15. The summed E-state index contributed by atoms with van der Waals surface area (Å²) in [6.45, 7) is 3.04. The monoisotopic (exact) mass is 484 g/mol. The van der Waals surface area contributed by atoms with E-state index in [1.807, 2.05) is 72.6 Å². The molecule has 35 heavy (non-hydrogen) atoms. The molecule has 0 aliphatic carbocycles. The number of benzene rings is 3. The molecule has 0 spiro atoms. The lowest BCUT2D eigenvalue weighted by Gasteiger charge is -2.24. The second-order valence-electron chi connectivity index (χ2n) is 8.41. The van der Waals surface area contributed by atoms with Crippen molar-refractivity contribution in [1.82, 2.24) is 14.3 Å². The van der Waals surface area contributed by atoms with Crippen molar-refractivity contribution in [2.75, 3.05) is 11.9 Å². The third-order valence-corrected chi connectivity index (χ3v) is 6.84. The van der Waals surface area contributed by atoms with Crippen LogP contribution in [0.2, 0.25) is 0 Å². The van der Waals surface area contributed by atoms with E-state index in [1.165, 1.54) is 12.1 Å². The number of carbonyl (C=O) groups is 1. The Labute approximate surface area is 207 Å². The van der Waals surface area contributed by atoms with Crippen molar-refractivity contribution in [3.63, 3.8) is 0 Å². The van der Waals surface area contributed by atoms with E-state index in [0.29, 0.717) is 19.5 Å². The number of anilines is 1. The molecule has 0 aliphatic rings. The maximum Gasteiger partial charge on any atom is 0.322 e. The minimum Gasteiger partial charge on any atom is -0.320 e. The summed E-state index contributed by atoms with van der Waals surface area (Å²) in [5.74, 6) is -0.266. The van der Waals surface area contributed by atoms with E-state index in [2.05, 4.69) is 15.1 Å². The van der Waals surface area contributed by atoms with Gasteiger partial charge in [-0.05, 0) is 48.4 Å². The van der Waals surface area contributed by atoms with E-state index in [-0.39, 0.29) is 11.8 Å². The van der Waals surface area contributed by atoms with E-state index in [4.69, 9.17) is 4.98 Å². The van der Waals surface area contributed by atoms with Crippen molar-refractivity contribution in [2.24, 2.45) is 0 Å². The van der Waals surface area contributed by atoms with Crippen LogP contribution in [-0.2, 0) is 13.0 Å². The molecule has 2 heterocycles. The summed E-state index contributed by atoms with van der Waals surface area (Å²) < 4.78 is 15.4. The molecule has 0 fully saturated rings.